The smallest absolute Gasteiger partial charge is 0.338 e. The third-order valence-corrected chi connectivity index (χ3v) is 13.7. The van der Waals surface area contributed by atoms with Crippen LogP contribution in [0.4, 0.5) is 0 Å². The number of carbonyl (C=O) groups is 1. The second kappa shape index (κ2) is 10.9. The molecule has 0 saturated heterocycles. The van der Waals surface area contributed by atoms with E-state index >= 15 is 0 Å². The van der Waals surface area contributed by atoms with Crippen LogP contribution in [-0.4, -0.2) is 22.3 Å². The topological polar surface area (TPSA) is 26.3 Å². The van der Waals surface area contributed by atoms with Crippen molar-refractivity contribution in [1.82, 2.24) is 0 Å². The van der Waals surface area contributed by atoms with Gasteiger partial charge >= 0.3 is 5.97 Å². The van der Waals surface area contributed by atoms with E-state index in [9.17, 15) is 4.79 Å². The van der Waals surface area contributed by atoms with Crippen LogP contribution in [0.15, 0.2) is 30.3 Å². The van der Waals surface area contributed by atoms with Gasteiger partial charge in [-0.25, -0.2) is 4.79 Å². The predicted octanol–water partition coefficient (Wildman–Crippen LogP) is 9.91. The maximum Gasteiger partial charge on any atom is 0.338 e. The molecule has 0 aromatic heterocycles. The number of esters is 1. The summed E-state index contributed by atoms with van der Waals surface area (Å²) in [6.45, 7) is 12.3. The predicted molar refractivity (Wildman–Crippen MR) is 159 cm³/mol. The van der Waals surface area contributed by atoms with Crippen molar-refractivity contribution in [3.8, 4) is 0 Å². The molecule has 1 aromatic carbocycles. The minimum Gasteiger partial charge on any atom is -0.459 e. The Morgan fingerprint density at radius 2 is 1.74 bits per heavy atom. The number of alkyl halides is 2. The lowest BCUT2D eigenvalue weighted by Gasteiger charge is -2.65. The highest BCUT2D eigenvalue weighted by Crippen LogP contribution is 2.71. The van der Waals surface area contributed by atoms with E-state index in [0.717, 1.165) is 42.9 Å². The summed E-state index contributed by atoms with van der Waals surface area (Å²) < 4.78 is 6.01. The number of hydrogen-bond donors (Lipinski definition) is 0. The highest BCUT2D eigenvalue weighted by atomic mass is 35.5. The zero-order valence-corrected chi connectivity index (χ0v) is 25.9. The molecule has 0 aliphatic heterocycles. The summed E-state index contributed by atoms with van der Waals surface area (Å²) in [5.74, 6) is 4.28. The summed E-state index contributed by atoms with van der Waals surface area (Å²) >= 11 is 14.9. The maximum atomic E-state index is 12.8. The van der Waals surface area contributed by atoms with Gasteiger partial charge in [-0.15, -0.1) is 23.2 Å². The molecule has 2 nitrogen and oxygen atoms in total. The lowest BCUT2D eigenvalue weighted by atomic mass is 9.44. The Labute approximate surface area is 242 Å². The van der Waals surface area contributed by atoms with Gasteiger partial charge in [0, 0.05) is 6.42 Å². The van der Waals surface area contributed by atoms with E-state index in [1.165, 1.54) is 44.9 Å². The van der Waals surface area contributed by atoms with Gasteiger partial charge in [0.05, 0.1) is 15.8 Å². The average Bonchev–Trinajstić information content (AvgIpc) is 3.23. The van der Waals surface area contributed by atoms with E-state index in [0.29, 0.717) is 29.2 Å². The molecule has 4 saturated carbocycles. The number of hydrogen-bond acceptors (Lipinski definition) is 2. The van der Waals surface area contributed by atoms with E-state index < -0.39 is 4.87 Å². The maximum absolute atomic E-state index is 12.8. The van der Waals surface area contributed by atoms with Crippen LogP contribution in [0.25, 0.3) is 0 Å². The van der Waals surface area contributed by atoms with Gasteiger partial charge < -0.3 is 4.74 Å². The molecular weight excluding hydrogens is 511 g/mol. The molecule has 10 atom stereocenters. The van der Waals surface area contributed by atoms with E-state index in [4.69, 9.17) is 27.9 Å². The van der Waals surface area contributed by atoms with Crippen LogP contribution in [-0.2, 0) is 4.74 Å². The number of benzene rings is 1. The molecule has 0 amide bonds. The van der Waals surface area contributed by atoms with Gasteiger partial charge in [0.2, 0.25) is 0 Å². The second-order valence-electron chi connectivity index (χ2n) is 14.5. The normalized spacial score (nSPS) is 43.2. The van der Waals surface area contributed by atoms with Gasteiger partial charge in [-0.05, 0) is 103 Å². The largest absolute Gasteiger partial charge is 0.459 e. The number of ether oxygens (including phenoxy) is 1. The molecule has 0 radical (unpaired) electrons. The number of halogens is 2. The summed E-state index contributed by atoms with van der Waals surface area (Å²) in [5.41, 5.74) is 1.04. The van der Waals surface area contributed by atoms with Gasteiger partial charge in [-0.1, -0.05) is 72.1 Å². The van der Waals surface area contributed by atoms with E-state index in [2.05, 4.69) is 34.6 Å². The molecule has 5 rings (SSSR count). The van der Waals surface area contributed by atoms with Crippen LogP contribution >= 0.6 is 23.2 Å². The summed E-state index contributed by atoms with van der Waals surface area (Å²) in [7, 11) is 0. The van der Waals surface area contributed by atoms with Crippen LogP contribution in [0.5, 0.6) is 0 Å². The summed E-state index contributed by atoms with van der Waals surface area (Å²) in [4.78, 5) is 12.3. The second-order valence-corrected chi connectivity index (χ2v) is 15.7. The monoisotopic (exact) mass is 560 g/mol. The first kappa shape index (κ1) is 28.8. The van der Waals surface area contributed by atoms with Crippen molar-refractivity contribution in [2.24, 2.45) is 46.3 Å². The Morgan fingerprint density at radius 3 is 2.45 bits per heavy atom. The lowest BCUT2D eigenvalue weighted by Crippen LogP contribution is -2.65. The van der Waals surface area contributed by atoms with Gasteiger partial charge in [0.15, 0.2) is 0 Å². The molecule has 1 aromatic rings. The summed E-state index contributed by atoms with van der Waals surface area (Å²) in [6.07, 6.45) is 12.9. The molecule has 0 N–H and O–H groups in total. The van der Waals surface area contributed by atoms with E-state index in [1.54, 1.807) is 0 Å². The lowest BCUT2D eigenvalue weighted by molar-refractivity contribution is -0.118. The van der Waals surface area contributed by atoms with Crippen LogP contribution in [0.2, 0.25) is 0 Å². The van der Waals surface area contributed by atoms with Crippen molar-refractivity contribution >= 4 is 29.2 Å². The first-order valence-electron chi connectivity index (χ1n) is 15.6. The molecule has 0 bridgehead atoms. The SMILES string of the molecule is CC(C)CCC[C@@H](C)[C@H]1CCC2C3C[C@H](Cl)[C@@]4(Cl)C[C@@H](OC(=O)c5ccccc5)CC[C@]4(C)C3CCC21C. The minimum atomic E-state index is -0.522. The minimum absolute atomic E-state index is 0.0121. The molecule has 4 fully saturated rings. The van der Waals surface area contributed by atoms with Crippen LogP contribution in [0.1, 0.15) is 116 Å². The Hall–Kier alpha value is -0.730. The first-order chi connectivity index (χ1) is 18.0. The van der Waals surface area contributed by atoms with Gasteiger partial charge in [0.25, 0.3) is 0 Å². The molecule has 4 unspecified atom stereocenters. The highest BCUT2D eigenvalue weighted by Gasteiger charge is 2.67. The Kier molecular flexibility index (Phi) is 8.27. The molecule has 4 heteroatoms. The summed E-state index contributed by atoms with van der Waals surface area (Å²) in [5, 5.41) is -0.0847. The van der Waals surface area contributed by atoms with Crippen LogP contribution < -0.4 is 0 Å². The van der Waals surface area contributed by atoms with Crippen molar-refractivity contribution in [3.05, 3.63) is 35.9 Å². The molecule has 0 heterocycles. The van der Waals surface area contributed by atoms with Crippen molar-refractivity contribution in [1.29, 1.82) is 0 Å². The Morgan fingerprint density at radius 1 is 1.00 bits per heavy atom. The van der Waals surface area contributed by atoms with Crippen LogP contribution in [0, 0.1) is 46.3 Å². The Balaban J connectivity index is 1.29. The first-order valence-corrected chi connectivity index (χ1v) is 16.4. The molecule has 38 heavy (non-hydrogen) atoms. The van der Waals surface area contributed by atoms with Crippen molar-refractivity contribution in [2.45, 2.75) is 122 Å². The number of fused-ring (bicyclic) bond motifs is 5. The standard InChI is InChI=1S/C34H50Cl2O2/c1-22(2)10-9-11-23(3)27-14-15-28-26-20-30(35)34(36)21-25(38-31(37)24-12-7-6-8-13-24)16-19-33(34,5)29(26)17-18-32(27,28)4/h6-8,12-13,22-23,25-30H,9-11,14-21H2,1-5H3/t23-,25+,26?,27-,28?,29?,30+,32?,33-,34+/m1/s1. The fraction of sp³-hybridized carbons (Fsp3) is 0.794. The zero-order valence-electron chi connectivity index (χ0n) is 24.4. The van der Waals surface area contributed by atoms with Gasteiger partial charge in [-0.3, -0.25) is 0 Å². The van der Waals surface area contributed by atoms with Gasteiger partial charge in [0.1, 0.15) is 6.10 Å². The molecule has 4 aliphatic rings. The third kappa shape index (κ3) is 4.87. The van der Waals surface area contributed by atoms with E-state index in [1.807, 2.05) is 30.3 Å². The van der Waals surface area contributed by atoms with E-state index in [-0.39, 0.29) is 22.9 Å². The fourth-order valence-corrected chi connectivity index (χ4v) is 11.1. The summed E-state index contributed by atoms with van der Waals surface area (Å²) in [6, 6.07) is 9.32. The quantitative estimate of drug-likeness (QED) is 0.245. The van der Waals surface area contributed by atoms with Crippen molar-refractivity contribution in [3.63, 3.8) is 0 Å². The van der Waals surface area contributed by atoms with Crippen molar-refractivity contribution in [2.75, 3.05) is 0 Å². The molecule has 0 spiro atoms. The zero-order chi connectivity index (χ0) is 27.3. The molecule has 212 valence electrons. The average molecular weight is 562 g/mol. The Bertz CT molecular complexity index is 980. The fourth-order valence-electron chi connectivity index (χ4n) is 10.1. The highest BCUT2D eigenvalue weighted by molar-refractivity contribution is 6.33. The molecule has 4 aliphatic carbocycles. The van der Waals surface area contributed by atoms with Crippen LogP contribution in [0.3, 0.4) is 0 Å². The third-order valence-electron chi connectivity index (χ3n) is 12.2. The molecular formula is C34H50Cl2O2. The number of rotatable bonds is 7. The van der Waals surface area contributed by atoms with Gasteiger partial charge in [-0.2, -0.15) is 0 Å². The number of carbonyl (C=O) groups excluding carboxylic acids is 1. The van der Waals surface area contributed by atoms with Crippen molar-refractivity contribution < 1.29 is 9.53 Å².